The summed E-state index contributed by atoms with van der Waals surface area (Å²) in [7, 11) is 0. The highest BCUT2D eigenvalue weighted by Gasteiger charge is 2.32. The Morgan fingerprint density at radius 3 is 2.38 bits per heavy atom. The summed E-state index contributed by atoms with van der Waals surface area (Å²) in [5.74, 6) is -1.32. The van der Waals surface area contributed by atoms with Crippen molar-refractivity contribution >= 4 is 5.97 Å². The second kappa shape index (κ2) is 9.05. The van der Waals surface area contributed by atoms with Gasteiger partial charge in [0, 0.05) is 16.9 Å². The largest absolute Gasteiger partial charge is 0.488 e. The van der Waals surface area contributed by atoms with Crippen molar-refractivity contribution in [2.45, 2.75) is 19.7 Å². The smallest absolute Gasteiger partial charge is 0.416 e. The molecule has 0 fully saturated rings. The van der Waals surface area contributed by atoms with Crippen LogP contribution in [0.25, 0.3) is 16.9 Å². The Labute approximate surface area is 192 Å². The molecule has 0 amide bonds. The van der Waals surface area contributed by atoms with Gasteiger partial charge in [0.2, 0.25) is 0 Å². The maximum absolute atomic E-state index is 13.5. The molecule has 174 valence electrons. The van der Waals surface area contributed by atoms with Gasteiger partial charge in [-0.2, -0.15) is 13.2 Å². The van der Waals surface area contributed by atoms with Crippen LogP contribution in [-0.2, 0) is 12.8 Å². The lowest BCUT2D eigenvalue weighted by Crippen LogP contribution is -2.07. The summed E-state index contributed by atoms with van der Waals surface area (Å²) in [4.78, 5) is 11.4. The first-order chi connectivity index (χ1) is 16.1. The predicted octanol–water partition coefficient (Wildman–Crippen LogP) is 6.89. The van der Waals surface area contributed by atoms with Crippen LogP contribution < -0.4 is 4.74 Å². The molecule has 1 aromatic heterocycles. The Kier molecular flexibility index (Phi) is 6.15. The first-order valence-electron chi connectivity index (χ1n) is 10.2. The molecule has 0 aliphatic rings. The molecular weight excluding hydrogens is 450 g/mol. The molecule has 0 aliphatic carbocycles. The van der Waals surface area contributed by atoms with E-state index in [0.717, 1.165) is 12.1 Å². The molecule has 4 nitrogen and oxygen atoms in total. The van der Waals surface area contributed by atoms with E-state index in [1.807, 2.05) is 0 Å². The Morgan fingerprint density at radius 1 is 0.971 bits per heavy atom. The monoisotopic (exact) mass is 469 g/mol. The van der Waals surface area contributed by atoms with Crippen LogP contribution in [0, 0.1) is 12.7 Å². The van der Waals surface area contributed by atoms with E-state index in [1.54, 1.807) is 35.8 Å². The summed E-state index contributed by atoms with van der Waals surface area (Å²) in [5, 5.41) is 9.35. The van der Waals surface area contributed by atoms with Gasteiger partial charge in [-0.05, 0) is 73.2 Å². The molecule has 0 aliphatic heterocycles. The molecule has 0 unspecified atom stereocenters. The maximum Gasteiger partial charge on any atom is 0.416 e. The number of benzene rings is 3. The molecule has 1 N–H and O–H groups in total. The van der Waals surface area contributed by atoms with Crippen LogP contribution in [0.1, 0.15) is 27.2 Å². The Balaban J connectivity index is 1.82. The number of halogens is 4. The molecule has 0 saturated heterocycles. The fourth-order valence-electron chi connectivity index (χ4n) is 3.64. The van der Waals surface area contributed by atoms with Gasteiger partial charge in [-0.15, -0.1) is 0 Å². The highest BCUT2D eigenvalue weighted by molar-refractivity contribution is 5.88. The van der Waals surface area contributed by atoms with Crippen molar-refractivity contribution in [3.63, 3.8) is 0 Å². The van der Waals surface area contributed by atoms with Crippen molar-refractivity contribution in [1.82, 2.24) is 4.57 Å². The van der Waals surface area contributed by atoms with Gasteiger partial charge in [0.1, 0.15) is 18.2 Å². The van der Waals surface area contributed by atoms with Crippen LogP contribution in [0.4, 0.5) is 17.6 Å². The molecule has 3 aromatic carbocycles. The molecule has 0 radical (unpaired) electrons. The van der Waals surface area contributed by atoms with E-state index in [4.69, 9.17) is 4.74 Å². The molecule has 8 heteroatoms. The van der Waals surface area contributed by atoms with Gasteiger partial charge in [-0.1, -0.05) is 18.2 Å². The average Bonchev–Trinajstić information content (AvgIpc) is 3.19. The van der Waals surface area contributed by atoms with E-state index in [9.17, 15) is 27.5 Å². The minimum absolute atomic E-state index is 0.0207. The predicted molar refractivity (Wildman–Crippen MR) is 119 cm³/mol. The third-order valence-electron chi connectivity index (χ3n) is 5.32. The number of aryl methyl sites for hydroxylation is 1. The number of hydrogen-bond acceptors (Lipinski definition) is 2. The second-order valence-electron chi connectivity index (χ2n) is 7.67. The van der Waals surface area contributed by atoms with Gasteiger partial charge in [0.25, 0.3) is 0 Å². The number of carboxylic acids is 1. The zero-order chi connectivity index (χ0) is 24.5. The summed E-state index contributed by atoms with van der Waals surface area (Å²) in [5.41, 5.74) is 1.62. The van der Waals surface area contributed by atoms with Crippen LogP contribution in [0.3, 0.4) is 0 Å². The SMILES string of the molecule is Cc1ccc(-c2cc(C(F)(F)F)ccc2OCc2ccc(F)cc2)n1-c1cccc(C(=O)O)c1. The van der Waals surface area contributed by atoms with Gasteiger partial charge in [0.05, 0.1) is 16.8 Å². The normalized spacial score (nSPS) is 11.4. The highest BCUT2D eigenvalue weighted by Crippen LogP contribution is 2.39. The third-order valence-corrected chi connectivity index (χ3v) is 5.32. The van der Waals surface area contributed by atoms with Crippen LogP contribution in [0.15, 0.2) is 78.9 Å². The first kappa shape index (κ1) is 23.1. The van der Waals surface area contributed by atoms with E-state index >= 15 is 0 Å². The van der Waals surface area contributed by atoms with Gasteiger partial charge < -0.3 is 14.4 Å². The lowest BCUT2D eigenvalue weighted by Gasteiger charge is -2.18. The fourth-order valence-corrected chi connectivity index (χ4v) is 3.64. The van der Waals surface area contributed by atoms with E-state index in [0.29, 0.717) is 22.6 Å². The number of hydrogen-bond donors (Lipinski definition) is 1. The lowest BCUT2D eigenvalue weighted by molar-refractivity contribution is -0.137. The number of aromatic carboxylic acids is 1. The summed E-state index contributed by atoms with van der Waals surface area (Å²) in [6.07, 6.45) is -4.57. The van der Waals surface area contributed by atoms with Crippen LogP contribution in [0.5, 0.6) is 5.75 Å². The quantitative estimate of drug-likeness (QED) is 0.313. The van der Waals surface area contributed by atoms with Crippen LogP contribution in [0.2, 0.25) is 0 Å². The Morgan fingerprint density at radius 2 is 1.71 bits per heavy atom. The number of carbonyl (C=O) groups is 1. The van der Waals surface area contributed by atoms with Gasteiger partial charge in [0.15, 0.2) is 0 Å². The fraction of sp³-hybridized carbons (Fsp3) is 0.115. The van der Waals surface area contributed by atoms with Crippen molar-refractivity contribution in [3.05, 3.63) is 107 Å². The van der Waals surface area contributed by atoms with Crippen LogP contribution >= 0.6 is 0 Å². The van der Waals surface area contributed by atoms with Crippen molar-refractivity contribution in [3.8, 4) is 22.7 Å². The number of nitrogens with zero attached hydrogens (tertiary/aromatic N) is 1. The summed E-state index contributed by atoms with van der Waals surface area (Å²) in [6.45, 7) is 1.79. The van der Waals surface area contributed by atoms with E-state index in [1.165, 1.54) is 42.5 Å². The molecule has 34 heavy (non-hydrogen) atoms. The van der Waals surface area contributed by atoms with Gasteiger partial charge in [-0.25, -0.2) is 9.18 Å². The molecule has 4 aromatic rings. The zero-order valence-electron chi connectivity index (χ0n) is 17.9. The van der Waals surface area contributed by atoms with Crippen molar-refractivity contribution < 1.29 is 32.2 Å². The number of alkyl halides is 3. The van der Waals surface area contributed by atoms with Crippen molar-refractivity contribution in [2.24, 2.45) is 0 Å². The molecule has 0 bridgehead atoms. The van der Waals surface area contributed by atoms with E-state index in [2.05, 4.69) is 0 Å². The molecule has 0 atom stereocenters. The topological polar surface area (TPSA) is 51.5 Å². The summed E-state index contributed by atoms with van der Waals surface area (Å²) in [6, 6.07) is 18.3. The van der Waals surface area contributed by atoms with Crippen LogP contribution in [-0.4, -0.2) is 15.6 Å². The molecule has 1 heterocycles. The lowest BCUT2D eigenvalue weighted by atomic mass is 10.1. The third kappa shape index (κ3) is 4.80. The molecular formula is C26H19F4NO3. The zero-order valence-corrected chi connectivity index (χ0v) is 17.9. The number of carboxylic acid groups (broad SMARTS) is 1. The first-order valence-corrected chi connectivity index (χ1v) is 10.2. The van der Waals surface area contributed by atoms with Gasteiger partial charge >= 0.3 is 12.1 Å². The molecule has 4 rings (SSSR count). The minimum atomic E-state index is -4.57. The Hall–Kier alpha value is -4.07. The highest BCUT2D eigenvalue weighted by atomic mass is 19.4. The summed E-state index contributed by atoms with van der Waals surface area (Å²) < 4.78 is 61.3. The minimum Gasteiger partial charge on any atom is -0.488 e. The Bertz CT molecular complexity index is 1340. The maximum atomic E-state index is 13.5. The van der Waals surface area contributed by atoms with Crippen molar-refractivity contribution in [1.29, 1.82) is 0 Å². The number of rotatable bonds is 6. The molecule has 0 saturated carbocycles. The molecule has 0 spiro atoms. The standard InChI is InChI=1S/C26H19F4NO3/c1-16-5-11-23(31(16)21-4-2-3-18(13-21)25(32)33)22-14-19(26(28,29)30)8-12-24(22)34-15-17-6-9-20(27)10-7-17/h2-14H,15H2,1H3,(H,32,33). The van der Waals surface area contributed by atoms with Crippen molar-refractivity contribution in [2.75, 3.05) is 0 Å². The summed E-state index contributed by atoms with van der Waals surface area (Å²) >= 11 is 0. The van der Waals surface area contributed by atoms with Gasteiger partial charge in [-0.3, -0.25) is 0 Å². The van der Waals surface area contributed by atoms with E-state index < -0.39 is 23.5 Å². The number of aromatic nitrogens is 1. The van der Waals surface area contributed by atoms with E-state index in [-0.39, 0.29) is 23.5 Å². The second-order valence-corrected chi connectivity index (χ2v) is 7.67. The average molecular weight is 469 g/mol. The number of ether oxygens (including phenoxy) is 1.